The molecular formula is C12H16N2O3S. The van der Waals surface area contributed by atoms with Gasteiger partial charge < -0.3 is 10.4 Å². The van der Waals surface area contributed by atoms with Crippen LogP contribution in [0.1, 0.15) is 31.4 Å². The maximum absolute atomic E-state index is 12.0. The molecule has 1 saturated carbocycles. The molecule has 2 N–H and O–H groups in total. The molecule has 1 aromatic rings. The number of hydrogen-bond acceptors (Lipinski definition) is 4. The second-order valence-corrected chi connectivity index (χ2v) is 5.25. The Morgan fingerprint density at radius 2 is 2.11 bits per heavy atom. The molecule has 1 heterocycles. The zero-order valence-corrected chi connectivity index (χ0v) is 10.8. The Hall–Kier alpha value is -1.43. The fourth-order valence-electron chi connectivity index (χ4n) is 2.37. The fourth-order valence-corrected chi connectivity index (χ4v) is 2.93. The minimum Gasteiger partial charge on any atom is -0.481 e. The van der Waals surface area contributed by atoms with Gasteiger partial charge in [0.2, 0.25) is 5.91 Å². The Balaban J connectivity index is 1.92. The first-order chi connectivity index (χ1) is 8.68. The molecule has 0 radical (unpaired) electrons. The van der Waals surface area contributed by atoms with Gasteiger partial charge in [-0.3, -0.25) is 9.59 Å². The summed E-state index contributed by atoms with van der Waals surface area (Å²) in [6, 6.07) is 0. The van der Waals surface area contributed by atoms with Crippen LogP contribution in [0.25, 0.3) is 0 Å². The molecule has 0 aromatic carbocycles. The molecule has 0 saturated heterocycles. The monoisotopic (exact) mass is 268 g/mol. The number of rotatable bonds is 4. The zero-order chi connectivity index (χ0) is 13.0. The lowest BCUT2D eigenvalue weighted by Gasteiger charge is -2.27. The highest BCUT2D eigenvalue weighted by atomic mass is 32.1. The number of nitrogens with one attached hydrogen (secondary N) is 1. The number of thiazole rings is 1. The van der Waals surface area contributed by atoms with Crippen LogP contribution < -0.4 is 5.32 Å². The summed E-state index contributed by atoms with van der Waals surface area (Å²) in [6.45, 7) is 0.380. The predicted octanol–water partition coefficient (Wildman–Crippen LogP) is 1.65. The van der Waals surface area contributed by atoms with Gasteiger partial charge in [-0.15, -0.1) is 11.3 Å². The Kier molecular flexibility index (Phi) is 4.30. The van der Waals surface area contributed by atoms with E-state index in [1.54, 1.807) is 5.51 Å². The lowest BCUT2D eigenvalue weighted by molar-refractivity contribution is -0.148. The van der Waals surface area contributed by atoms with Crippen LogP contribution in [0, 0.1) is 11.8 Å². The third-order valence-electron chi connectivity index (χ3n) is 3.35. The second kappa shape index (κ2) is 5.95. The number of amides is 1. The number of carbonyl (C=O) groups excluding carboxylic acids is 1. The topological polar surface area (TPSA) is 79.3 Å². The summed E-state index contributed by atoms with van der Waals surface area (Å²) in [5.41, 5.74) is 2.53. The van der Waals surface area contributed by atoms with E-state index in [4.69, 9.17) is 5.11 Å². The van der Waals surface area contributed by atoms with E-state index in [0.29, 0.717) is 19.4 Å². The van der Waals surface area contributed by atoms with Crippen molar-refractivity contribution < 1.29 is 14.7 Å². The van der Waals surface area contributed by atoms with Gasteiger partial charge in [0.25, 0.3) is 0 Å². The van der Waals surface area contributed by atoms with Crippen molar-refractivity contribution in [3.63, 3.8) is 0 Å². The van der Waals surface area contributed by atoms with Crippen molar-refractivity contribution in [3.8, 4) is 0 Å². The molecule has 2 atom stereocenters. The Morgan fingerprint density at radius 1 is 1.39 bits per heavy atom. The molecule has 18 heavy (non-hydrogen) atoms. The predicted molar refractivity (Wildman–Crippen MR) is 67.0 cm³/mol. The lowest BCUT2D eigenvalue weighted by atomic mass is 9.79. The van der Waals surface area contributed by atoms with Crippen molar-refractivity contribution in [2.24, 2.45) is 11.8 Å². The van der Waals surface area contributed by atoms with Crippen LogP contribution >= 0.6 is 11.3 Å². The minimum atomic E-state index is -0.858. The van der Waals surface area contributed by atoms with Gasteiger partial charge in [0, 0.05) is 5.38 Å². The van der Waals surface area contributed by atoms with E-state index in [2.05, 4.69) is 10.3 Å². The largest absolute Gasteiger partial charge is 0.481 e. The number of carbonyl (C=O) groups is 2. The van der Waals surface area contributed by atoms with Crippen LogP contribution in [0.2, 0.25) is 0 Å². The Bertz CT molecular complexity index is 419. The maximum atomic E-state index is 12.0. The number of hydrogen-bond donors (Lipinski definition) is 2. The molecule has 5 nitrogen and oxygen atoms in total. The van der Waals surface area contributed by atoms with Crippen LogP contribution in [-0.4, -0.2) is 22.0 Å². The standard InChI is InChI=1S/C12H16N2O3S/c15-11(13-5-8-6-18-7-14-8)9-3-1-2-4-10(9)12(16)17/h6-7,9-10H,1-5H2,(H,13,15)(H,16,17). The minimum absolute atomic E-state index is 0.157. The van der Waals surface area contributed by atoms with E-state index in [0.717, 1.165) is 18.5 Å². The summed E-state index contributed by atoms with van der Waals surface area (Å²) in [5, 5.41) is 13.8. The summed E-state index contributed by atoms with van der Waals surface area (Å²) >= 11 is 1.48. The van der Waals surface area contributed by atoms with Gasteiger partial charge in [0.05, 0.1) is 29.6 Å². The van der Waals surface area contributed by atoms with Gasteiger partial charge in [0.15, 0.2) is 0 Å². The molecule has 0 aliphatic heterocycles. The van der Waals surface area contributed by atoms with E-state index >= 15 is 0 Å². The van der Waals surface area contributed by atoms with Crippen molar-refractivity contribution in [1.29, 1.82) is 0 Å². The van der Waals surface area contributed by atoms with Crippen molar-refractivity contribution in [2.45, 2.75) is 32.2 Å². The molecule has 1 amide bonds. The van der Waals surface area contributed by atoms with Gasteiger partial charge in [-0.25, -0.2) is 4.98 Å². The fraction of sp³-hybridized carbons (Fsp3) is 0.583. The van der Waals surface area contributed by atoms with Gasteiger partial charge in [-0.1, -0.05) is 12.8 Å². The van der Waals surface area contributed by atoms with Gasteiger partial charge in [-0.2, -0.15) is 0 Å². The highest BCUT2D eigenvalue weighted by Crippen LogP contribution is 2.30. The normalized spacial score (nSPS) is 23.6. The van der Waals surface area contributed by atoms with E-state index in [-0.39, 0.29) is 5.91 Å². The third kappa shape index (κ3) is 3.07. The van der Waals surface area contributed by atoms with Gasteiger partial charge in [0.1, 0.15) is 0 Å². The summed E-state index contributed by atoms with van der Waals surface area (Å²) in [6.07, 6.45) is 3.09. The van der Waals surface area contributed by atoms with E-state index in [9.17, 15) is 9.59 Å². The number of carboxylic acid groups (broad SMARTS) is 1. The number of carboxylic acids is 1. The molecule has 1 aromatic heterocycles. The highest BCUT2D eigenvalue weighted by Gasteiger charge is 2.35. The van der Waals surface area contributed by atoms with E-state index < -0.39 is 17.8 Å². The zero-order valence-electron chi connectivity index (χ0n) is 9.96. The molecule has 2 unspecified atom stereocenters. The third-order valence-corrected chi connectivity index (χ3v) is 3.98. The van der Waals surface area contributed by atoms with Crippen LogP contribution in [-0.2, 0) is 16.1 Å². The second-order valence-electron chi connectivity index (χ2n) is 4.53. The summed E-state index contributed by atoms with van der Waals surface area (Å²) in [5.74, 6) is -1.94. The first-order valence-corrected chi connectivity index (χ1v) is 7.00. The lowest BCUT2D eigenvalue weighted by Crippen LogP contribution is -2.39. The highest BCUT2D eigenvalue weighted by molar-refractivity contribution is 7.07. The average molecular weight is 268 g/mol. The van der Waals surface area contributed by atoms with Gasteiger partial charge >= 0.3 is 5.97 Å². The molecule has 0 bridgehead atoms. The van der Waals surface area contributed by atoms with E-state index in [1.165, 1.54) is 11.3 Å². The molecule has 1 aliphatic carbocycles. The van der Waals surface area contributed by atoms with Crippen molar-refractivity contribution in [1.82, 2.24) is 10.3 Å². The smallest absolute Gasteiger partial charge is 0.307 e. The van der Waals surface area contributed by atoms with Crippen LogP contribution in [0.3, 0.4) is 0 Å². The molecule has 2 rings (SSSR count). The molecule has 6 heteroatoms. The molecule has 1 fully saturated rings. The van der Waals surface area contributed by atoms with Gasteiger partial charge in [-0.05, 0) is 12.8 Å². The number of aromatic nitrogens is 1. The van der Waals surface area contributed by atoms with Crippen molar-refractivity contribution in [3.05, 3.63) is 16.6 Å². The first kappa shape index (κ1) is 13.0. The Morgan fingerprint density at radius 3 is 2.72 bits per heavy atom. The number of aliphatic carboxylic acids is 1. The Labute approximate surface area is 109 Å². The van der Waals surface area contributed by atoms with E-state index in [1.807, 2.05) is 5.38 Å². The van der Waals surface area contributed by atoms with Crippen molar-refractivity contribution >= 4 is 23.2 Å². The molecule has 0 spiro atoms. The SMILES string of the molecule is O=C(O)C1CCCCC1C(=O)NCc1cscn1. The quantitative estimate of drug-likeness (QED) is 0.870. The molecular weight excluding hydrogens is 252 g/mol. The average Bonchev–Trinajstić information content (AvgIpc) is 2.89. The van der Waals surface area contributed by atoms with Crippen molar-refractivity contribution in [2.75, 3.05) is 0 Å². The maximum Gasteiger partial charge on any atom is 0.307 e. The van der Waals surface area contributed by atoms with Crippen LogP contribution in [0.5, 0.6) is 0 Å². The first-order valence-electron chi connectivity index (χ1n) is 6.06. The number of nitrogens with zero attached hydrogens (tertiary/aromatic N) is 1. The summed E-state index contributed by atoms with van der Waals surface area (Å²) < 4.78 is 0. The molecule has 1 aliphatic rings. The van der Waals surface area contributed by atoms with Crippen LogP contribution in [0.15, 0.2) is 10.9 Å². The molecule has 98 valence electrons. The van der Waals surface area contributed by atoms with Crippen LogP contribution in [0.4, 0.5) is 0 Å². The summed E-state index contributed by atoms with van der Waals surface area (Å²) in [7, 11) is 0. The summed E-state index contributed by atoms with van der Waals surface area (Å²) in [4.78, 5) is 27.2.